The van der Waals surface area contributed by atoms with E-state index in [-0.39, 0.29) is 5.91 Å². The Morgan fingerprint density at radius 2 is 1.50 bits per heavy atom. The van der Waals surface area contributed by atoms with Gasteiger partial charge in [-0.25, -0.2) is 4.79 Å². The predicted octanol–water partition coefficient (Wildman–Crippen LogP) is 5.51. The normalized spacial score (nSPS) is 13.0. The van der Waals surface area contributed by atoms with Crippen LogP contribution in [0.3, 0.4) is 0 Å². The highest BCUT2D eigenvalue weighted by Crippen LogP contribution is 2.28. The van der Waals surface area contributed by atoms with Crippen LogP contribution >= 0.6 is 11.6 Å². The van der Waals surface area contributed by atoms with Crippen molar-refractivity contribution >= 4 is 40.6 Å². The Morgan fingerprint density at radius 3 is 2.22 bits per heavy atom. The first kappa shape index (κ1) is 21.7. The summed E-state index contributed by atoms with van der Waals surface area (Å²) in [6, 6.07) is 21.7. The number of nitrogens with one attached hydrogen (secondary N) is 3. The third-order valence-corrected chi connectivity index (χ3v) is 5.60. The third kappa shape index (κ3) is 5.59. The summed E-state index contributed by atoms with van der Waals surface area (Å²) in [6.45, 7) is 2.28. The Morgan fingerprint density at radius 1 is 0.844 bits per heavy atom. The maximum Gasteiger partial charge on any atom is 0.323 e. The molecule has 1 aliphatic rings. The van der Waals surface area contributed by atoms with E-state index >= 15 is 0 Å². The van der Waals surface area contributed by atoms with Crippen LogP contribution in [0.5, 0.6) is 0 Å². The molecule has 0 bridgehead atoms. The van der Waals surface area contributed by atoms with Crippen molar-refractivity contribution in [1.29, 1.82) is 0 Å². The molecule has 32 heavy (non-hydrogen) atoms. The van der Waals surface area contributed by atoms with E-state index < -0.39 is 6.03 Å². The highest BCUT2D eigenvalue weighted by Gasteiger charge is 2.20. The molecule has 0 atom stereocenters. The zero-order valence-electron chi connectivity index (χ0n) is 17.6. The number of rotatable bonds is 6. The summed E-state index contributed by atoms with van der Waals surface area (Å²) in [5.74, 6) is -0.169. The number of nitrogens with zero attached hydrogens (tertiary/aromatic N) is 1. The number of halogens is 1. The highest BCUT2D eigenvalue weighted by molar-refractivity contribution is 6.30. The van der Waals surface area contributed by atoms with Gasteiger partial charge in [-0.1, -0.05) is 41.9 Å². The van der Waals surface area contributed by atoms with E-state index in [4.69, 9.17) is 11.6 Å². The molecule has 1 heterocycles. The molecule has 0 saturated carbocycles. The Bertz CT molecular complexity index is 1080. The fourth-order valence-electron chi connectivity index (χ4n) is 3.73. The first-order valence-electron chi connectivity index (χ1n) is 10.6. The van der Waals surface area contributed by atoms with E-state index in [2.05, 4.69) is 20.9 Å². The fourth-order valence-corrected chi connectivity index (χ4v) is 3.86. The van der Waals surface area contributed by atoms with Gasteiger partial charge in [-0.2, -0.15) is 0 Å². The van der Waals surface area contributed by atoms with E-state index in [1.54, 1.807) is 30.3 Å². The minimum Gasteiger partial charge on any atom is -0.371 e. The molecule has 1 aliphatic heterocycles. The molecule has 3 aromatic carbocycles. The summed E-state index contributed by atoms with van der Waals surface area (Å²) in [7, 11) is 0. The third-order valence-electron chi connectivity index (χ3n) is 5.34. The van der Waals surface area contributed by atoms with Crippen molar-refractivity contribution in [3.05, 3.63) is 88.9 Å². The average Bonchev–Trinajstić information content (AvgIpc) is 3.34. The second-order valence-electron chi connectivity index (χ2n) is 7.68. The quantitative estimate of drug-likeness (QED) is 0.465. The Kier molecular flexibility index (Phi) is 6.92. The maximum atomic E-state index is 13.1. The van der Waals surface area contributed by atoms with Crippen LogP contribution in [-0.2, 0) is 6.54 Å². The van der Waals surface area contributed by atoms with Crippen LogP contribution in [0.25, 0.3) is 0 Å². The molecule has 1 fully saturated rings. The van der Waals surface area contributed by atoms with Gasteiger partial charge < -0.3 is 20.9 Å². The van der Waals surface area contributed by atoms with Crippen LogP contribution in [0.1, 0.15) is 28.8 Å². The van der Waals surface area contributed by atoms with Crippen LogP contribution in [0.2, 0.25) is 5.02 Å². The second-order valence-corrected chi connectivity index (χ2v) is 8.12. The summed E-state index contributed by atoms with van der Waals surface area (Å²) in [5.41, 5.74) is 3.63. The van der Waals surface area contributed by atoms with Gasteiger partial charge in [0.2, 0.25) is 0 Å². The lowest BCUT2D eigenvalue weighted by molar-refractivity contribution is 0.0951. The molecular weight excluding hydrogens is 424 g/mol. The van der Waals surface area contributed by atoms with E-state index in [9.17, 15) is 9.59 Å². The van der Waals surface area contributed by atoms with Crippen molar-refractivity contribution < 1.29 is 9.59 Å². The lowest BCUT2D eigenvalue weighted by Gasteiger charge is -2.22. The van der Waals surface area contributed by atoms with Crippen molar-refractivity contribution in [3.63, 3.8) is 0 Å². The summed E-state index contributed by atoms with van der Waals surface area (Å²) in [5, 5.41) is 9.17. The van der Waals surface area contributed by atoms with Crippen molar-refractivity contribution in [3.8, 4) is 0 Å². The molecule has 0 aromatic heterocycles. The van der Waals surface area contributed by atoms with Gasteiger partial charge in [0.05, 0.1) is 5.56 Å². The lowest BCUT2D eigenvalue weighted by atomic mass is 10.1. The van der Waals surface area contributed by atoms with E-state index in [1.807, 2.05) is 42.5 Å². The number of carbonyl (C=O) groups is 2. The van der Waals surface area contributed by atoms with Crippen molar-refractivity contribution in [2.45, 2.75) is 19.4 Å². The molecule has 1 saturated heterocycles. The number of carbonyl (C=O) groups excluding carboxylic acids is 2. The van der Waals surface area contributed by atoms with E-state index in [0.717, 1.165) is 37.2 Å². The zero-order valence-corrected chi connectivity index (χ0v) is 18.4. The molecule has 0 aliphatic carbocycles. The van der Waals surface area contributed by atoms with Crippen LogP contribution in [-0.4, -0.2) is 25.0 Å². The first-order valence-corrected chi connectivity index (χ1v) is 11.0. The molecule has 3 aromatic rings. The van der Waals surface area contributed by atoms with E-state index in [1.165, 1.54) is 0 Å². The van der Waals surface area contributed by atoms with Crippen molar-refractivity contribution in [1.82, 2.24) is 5.32 Å². The smallest absolute Gasteiger partial charge is 0.323 e. The van der Waals surface area contributed by atoms with Gasteiger partial charge in [0, 0.05) is 41.7 Å². The topological polar surface area (TPSA) is 73.5 Å². The van der Waals surface area contributed by atoms with Gasteiger partial charge >= 0.3 is 6.03 Å². The summed E-state index contributed by atoms with van der Waals surface area (Å²) in [4.78, 5) is 27.7. The molecule has 4 rings (SSSR count). The Labute approximate surface area is 192 Å². The SMILES string of the molecule is O=C(Nc1ccc(Cl)cc1)Nc1ccc(N2CCCC2)c(C(=O)NCc2ccccc2)c1. The number of anilines is 3. The number of urea groups is 1. The zero-order chi connectivity index (χ0) is 22.3. The molecule has 6 nitrogen and oxygen atoms in total. The number of amides is 3. The van der Waals surface area contributed by atoms with Gasteiger partial charge in [-0.3, -0.25) is 4.79 Å². The minimum atomic E-state index is -0.392. The molecule has 3 amide bonds. The van der Waals surface area contributed by atoms with Crippen LogP contribution in [0, 0.1) is 0 Å². The highest BCUT2D eigenvalue weighted by atomic mass is 35.5. The summed E-state index contributed by atoms with van der Waals surface area (Å²) < 4.78 is 0. The van der Waals surface area contributed by atoms with Gasteiger partial charge in [0.25, 0.3) is 5.91 Å². The van der Waals surface area contributed by atoms with Crippen molar-refractivity contribution in [2.24, 2.45) is 0 Å². The predicted molar refractivity (Wildman–Crippen MR) is 130 cm³/mol. The summed E-state index contributed by atoms with van der Waals surface area (Å²) >= 11 is 5.89. The monoisotopic (exact) mass is 448 g/mol. The van der Waals surface area contributed by atoms with Gasteiger partial charge in [0.1, 0.15) is 0 Å². The first-order chi connectivity index (χ1) is 15.6. The lowest BCUT2D eigenvalue weighted by Crippen LogP contribution is -2.27. The van der Waals surface area contributed by atoms with Gasteiger partial charge in [0.15, 0.2) is 0 Å². The molecule has 0 radical (unpaired) electrons. The molecule has 0 unspecified atom stereocenters. The van der Waals surface area contributed by atoms with Crippen LogP contribution in [0.4, 0.5) is 21.9 Å². The van der Waals surface area contributed by atoms with Crippen LogP contribution in [0.15, 0.2) is 72.8 Å². The Balaban J connectivity index is 1.50. The maximum absolute atomic E-state index is 13.1. The molecule has 3 N–H and O–H groups in total. The molecular formula is C25H25ClN4O2. The molecule has 164 valence electrons. The van der Waals surface area contributed by atoms with Gasteiger partial charge in [-0.05, 0) is 60.9 Å². The summed E-state index contributed by atoms with van der Waals surface area (Å²) in [6.07, 6.45) is 2.21. The fraction of sp³-hybridized carbons (Fsp3) is 0.200. The van der Waals surface area contributed by atoms with Crippen LogP contribution < -0.4 is 20.9 Å². The minimum absolute atomic E-state index is 0.169. The Hall–Kier alpha value is -3.51. The van der Waals surface area contributed by atoms with Gasteiger partial charge in [-0.15, -0.1) is 0 Å². The second kappa shape index (κ2) is 10.2. The number of hydrogen-bond acceptors (Lipinski definition) is 3. The molecule has 0 spiro atoms. The number of hydrogen-bond donors (Lipinski definition) is 3. The van der Waals surface area contributed by atoms with E-state index in [0.29, 0.717) is 28.5 Å². The standard InChI is InChI=1S/C25H25ClN4O2/c26-19-8-10-20(11-9-19)28-25(32)29-21-12-13-23(30-14-4-5-15-30)22(16-21)24(31)27-17-18-6-2-1-3-7-18/h1-3,6-13,16H,4-5,14-15,17H2,(H,27,31)(H2,28,29,32). The number of benzene rings is 3. The van der Waals surface area contributed by atoms with Crippen molar-refractivity contribution in [2.75, 3.05) is 28.6 Å². The molecule has 7 heteroatoms. The largest absolute Gasteiger partial charge is 0.371 e. The average molecular weight is 449 g/mol.